The predicted octanol–water partition coefficient (Wildman–Crippen LogP) is 2.95. The van der Waals surface area contributed by atoms with Crippen LogP contribution in [0.15, 0.2) is 48.5 Å². The Labute approximate surface area is 129 Å². The van der Waals surface area contributed by atoms with Crippen LogP contribution in [0.2, 0.25) is 0 Å². The summed E-state index contributed by atoms with van der Waals surface area (Å²) in [5.41, 5.74) is 9.25. The molecule has 5 heteroatoms. The number of urea groups is 1. The van der Waals surface area contributed by atoms with E-state index in [1.807, 2.05) is 55.5 Å². The molecule has 0 aliphatic rings. The van der Waals surface area contributed by atoms with Crippen molar-refractivity contribution in [3.8, 4) is 0 Å². The van der Waals surface area contributed by atoms with E-state index < -0.39 is 0 Å². The normalized spacial score (nSPS) is 9.95. The van der Waals surface area contributed by atoms with Gasteiger partial charge in [-0.05, 0) is 24.6 Å². The van der Waals surface area contributed by atoms with Gasteiger partial charge in [-0.1, -0.05) is 54.2 Å². The molecule has 0 unspecified atom stereocenters. The van der Waals surface area contributed by atoms with Crippen molar-refractivity contribution in [1.29, 1.82) is 0 Å². The Morgan fingerprint density at radius 1 is 1.10 bits per heavy atom. The average Bonchev–Trinajstić information content (AvgIpc) is 2.48. The summed E-state index contributed by atoms with van der Waals surface area (Å²) >= 11 is 4.89. The lowest BCUT2D eigenvalue weighted by Gasteiger charge is -2.08. The van der Waals surface area contributed by atoms with E-state index in [1.54, 1.807) is 0 Å². The number of carbonyl (C=O) groups is 1. The lowest BCUT2D eigenvalue weighted by atomic mass is 10.1. The maximum absolute atomic E-state index is 11.8. The molecule has 0 aliphatic heterocycles. The van der Waals surface area contributed by atoms with E-state index in [4.69, 9.17) is 18.0 Å². The number of carbonyl (C=O) groups excluding carboxylic acids is 1. The van der Waals surface area contributed by atoms with Crippen molar-refractivity contribution < 1.29 is 4.79 Å². The lowest BCUT2D eigenvalue weighted by molar-refractivity contribution is 0.251. The molecule has 0 saturated carbocycles. The van der Waals surface area contributed by atoms with Crippen LogP contribution in [0.25, 0.3) is 0 Å². The molecule has 2 amide bonds. The molecule has 0 heterocycles. The van der Waals surface area contributed by atoms with Crippen LogP contribution in [0.5, 0.6) is 0 Å². The Morgan fingerprint density at radius 3 is 2.29 bits per heavy atom. The molecule has 2 rings (SSSR count). The number of anilines is 1. The molecular weight excluding hydrogens is 282 g/mol. The minimum atomic E-state index is -0.239. The summed E-state index contributed by atoms with van der Waals surface area (Å²) in [6.45, 7) is 2.44. The molecule has 0 bridgehead atoms. The second kappa shape index (κ2) is 6.85. The van der Waals surface area contributed by atoms with Crippen molar-refractivity contribution in [2.75, 3.05) is 5.32 Å². The van der Waals surface area contributed by atoms with Crippen LogP contribution >= 0.6 is 12.2 Å². The van der Waals surface area contributed by atoms with Crippen LogP contribution < -0.4 is 16.4 Å². The van der Waals surface area contributed by atoms with Gasteiger partial charge in [0.15, 0.2) is 0 Å². The molecule has 2 aromatic carbocycles. The van der Waals surface area contributed by atoms with Gasteiger partial charge in [0.25, 0.3) is 0 Å². The van der Waals surface area contributed by atoms with Crippen molar-refractivity contribution in [1.82, 2.24) is 5.32 Å². The fourth-order valence-electron chi connectivity index (χ4n) is 1.78. The van der Waals surface area contributed by atoms with E-state index >= 15 is 0 Å². The van der Waals surface area contributed by atoms with E-state index in [2.05, 4.69) is 10.6 Å². The van der Waals surface area contributed by atoms with Gasteiger partial charge in [-0.2, -0.15) is 0 Å². The number of hydrogen-bond acceptors (Lipinski definition) is 2. The van der Waals surface area contributed by atoms with Gasteiger partial charge in [0, 0.05) is 17.8 Å². The first kappa shape index (κ1) is 15.0. The Bertz CT molecular complexity index is 636. The average molecular weight is 299 g/mol. The highest BCUT2D eigenvalue weighted by Gasteiger charge is 2.02. The second-order valence-corrected chi connectivity index (χ2v) is 5.17. The zero-order valence-corrected chi connectivity index (χ0v) is 12.5. The highest BCUT2D eigenvalue weighted by molar-refractivity contribution is 7.80. The molecule has 0 aromatic heterocycles. The Balaban J connectivity index is 1.86. The first-order valence-electron chi connectivity index (χ1n) is 6.55. The molecule has 0 radical (unpaired) electrons. The number of thiocarbonyl (C=S) groups is 1. The Kier molecular flexibility index (Phi) is 4.90. The molecule has 0 fully saturated rings. The predicted molar refractivity (Wildman–Crippen MR) is 89.4 cm³/mol. The van der Waals surface area contributed by atoms with Crippen molar-refractivity contribution in [3.05, 3.63) is 65.2 Å². The van der Waals surface area contributed by atoms with Crippen molar-refractivity contribution in [3.63, 3.8) is 0 Å². The van der Waals surface area contributed by atoms with Gasteiger partial charge >= 0.3 is 6.03 Å². The van der Waals surface area contributed by atoms with Crippen LogP contribution in [-0.2, 0) is 6.54 Å². The van der Waals surface area contributed by atoms with Crippen molar-refractivity contribution in [2.24, 2.45) is 5.73 Å². The van der Waals surface area contributed by atoms with Gasteiger partial charge < -0.3 is 16.4 Å². The number of rotatable bonds is 4. The lowest BCUT2D eigenvalue weighted by Crippen LogP contribution is -2.28. The van der Waals surface area contributed by atoms with Gasteiger partial charge in [0.05, 0.1) is 0 Å². The van der Waals surface area contributed by atoms with Crippen LogP contribution in [0.1, 0.15) is 16.7 Å². The number of hydrogen-bond donors (Lipinski definition) is 3. The number of nitrogens with one attached hydrogen (secondary N) is 2. The molecule has 4 N–H and O–H groups in total. The van der Waals surface area contributed by atoms with Crippen LogP contribution in [-0.4, -0.2) is 11.0 Å². The number of benzene rings is 2. The number of amides is 2. The summed E-state index contributed by atoms with van der Waals surface area (Å²) < 4.78 is 0. The van der Waals surface area contributed by atoms with E-state index in [9.17, 15) is 4.79 Å². The number of aryl methyl sites for hydroxylation is 1. The minimum absolute atomic E-state index is 0.239. The van der Waals surface area contributed by atoms with Crippen LogP contribution in [0, 0.1) is 6.92 Å². The molecule has 0 saturated heterocycles. The Morgan fingerprint density at radius 2 is 1.71 bits per heavy atom. The van der Waals surface area contributed by atoms with E-state index in [0.29, 0.717) is 11.5 Å². The molecule has 21 heavy (non-hydrogen) atoms. The third kappa shape index (κ3) is 4.57. The summed E-state index contributed by atoms with van der Waals surface area (Å²) in [6.07, 6.45) is 0. The number of nitrogens with two attached hydrogens (primary N) is 1. The maximum atomic E-state index is 11.8. The van der Waals surface area contributed by atoms with Crippen LogP contribution in [0.4, 0.5) is 10.5 Å². The molecular formula is C16H17N3OS. The van der Waals surface area contributed by atoms with E-state index in [1.165, 1.54) is 0 Å². The van der Waals surface area contributed by atoms with Gasteiger partial charge in [0.1, 0.15) is 4.99 Å². The molecule has 0 aliphatic carbocycles. The smallest absolute Gasteiger partial charge is 0.319 e. The first-order valence-corrected chi connectivity index (χ1v) is 6.96. The zero-order valence-electron chi connectivity index (χ0n) is 11.7. The van der Waals surface area contributed by atoms with E-state index in [-0.39, 0.29) is 6.03 Å². The third-order valence-corrected chi connectivity index (χ3v) is 3.24. The molecule has 0 atom stereocenters. The fraction of sp³-hybridized carbons (Fsp3) is 0.125. The van der Waals surface area contributed by atoms with Gasteiger partial charge in [-0.15, -0.1) is 0 Å². The zero-order chi connectivity index (χ0) is 15.2. The standard InChI is InChI=1S/C16H17N3OS/c1-11-2-8-14(9-3-11)19-16(20)18-10-12-4-6-13(7-5-12)15(17)21/h2-9H,10H2,1H3,(H2,17,21)(H2,18,19,20). The van der Waals surface area contributed by atoms with Gasteiger partial charge in [0.2, 0.25) is 0 Å². The highest BCUT2D eigenvalue weighted by atomic mass is 32.1. The second-order valence-electron chi connectivity index (χ2n) is 4.73. The quantitative estimate of drug-likeness (QED) is 0.760. The Hall–Kier alpha value is -2.40. The monoisotopic (exact) mass is 299 g/mol. The fourth-order valence-corrected chi connectivity index (χ4v) is 1.92. The third-order valence-electron chi connectivity index (χ3n) is 3.00. The topological polar surface area (TPSA) is 67.2 Å². The minimum Gasteiger partial charge on any atom is -0.389 e. The molecule has 0 spiro atoms. The van der Waals surface area contributed by atoms with E-state index in [0.717, 1.165) is 22.4 Å². The van der Waals surface area contributed by atoms with Crippen molar-refractivity contribution in [2.45, 2.75) is 13.5 Å². The summed E-state index contributed by atoms with van der Waals surface area (Å²) in [5, 5.41) is 5.57. The maximum Gasteiger partial charge on any atom is 0.319 e. The van der Waals surface area contributed by atoms with Gasteiger partial charge in [-0.25, -0.2) is 4.79 Å². The molecule has 2 aromatic rings. The summed E-state index contributed by atoms with van der Waals surface area (Å²) in [7, 11) is 0. The van der Waals surface area contributed by atoms with Crippen molar-refractivity contribution >= 4 is 28.9 Å². The summed E-state index contributed by atoms with van der Waals surface area (Å²) in [5.74, 6) is 0. The first-order chi connectivity index (χ1) is 10.0. The van der Waals surface area contributed by atoms with Crippen LogP contribution in [0.3, 0.4) is 0 Å². The SMILES string of the molecule is Cc1ccc(NC(=O)NCc2ccc(C(N)=S)cc2)cc1. The molecule has 108 valence electrons. The van der Waals surface area contributed by atoms with Gasteiger partial charge in [-0.3, -0.25) is 0 Å². The largest absolute Gasteiger partial charge is 0.389 e. The summed E-state index contributed by atoms with van der Waals surface area (Å²) in [4.78, 5) is 12.2. The highest BCUT2D eigenvalue weighted by Crippen LogP contribution is 2.08. The molecule has 4 nitrogen and oxygen atoms in total. The summed E-state index contributed by atoms with van der Waals surface area (Å²) in [6, 6.07) is 14.9.